The van der Waals surface area contributed by atoms with Crippen molar-refractivity contribution in [3.05, 3.63) is 54.4 Å². The van der Waals surface area contributed by atoms with Gasteiger partial charge in [0.25, 0.3) is 0 Å². The fraction of sp³-hybridized carbons (Fsp3) is 0.348. The molecular formula is C23H29N5O3. The van der Waals surface area contributed by atoms with Crippen molar-refractivity contribution >= 4 is 28.5 Å². The highest BCUT2D eigenvalue weighted by molar-refractivity contribution is 5.93. The number of carbonyl (C=O) groups is 2. The standard InChI is InChI=1S/C23H29N5O3/c1-4-27(5-2)21(29)16-28-13-11-17-14-19(9-10-20(17)28)26-23(30)25-15-18-8-7-12-24-22(18)31-6-3/h7-14H,4-6,15-16H2,1-3H3,(H2,25,26,30). The summed E-state index contributed by atoms with van der Waals surface area (Å²) in [5.74, 6) is 0.609. The van der Waals surface area contributed by atoms with Crippen LogP contribution in [0.2, 0.25) is 0 Å². The topological polar surface area (TPSA) is 88.5 Å². The molecule has 1 aromatic carbocycles. The predicted octanol–water partition coefficient (Wildman–Crippen LogP) is 3.63. The summed E-state index contributed by atoms with van der Waals surface area (Å²) in [7, 11) is 0. The monoisotopic (exact) mass is 423 g/mol. The lowest BCUT2D eigenvalue weighted by atomic mass is 10.2. The van der Waals surface area contributed by atoms with Gasteiger partial charge >= 0.3 is 6.03 Å². The van der Waals surface area contributed by atoms with Crippen LogP contribution in [-0.2, 0) is 17.9 Å². The molecule has 0 saturated heterocycles. The van der Waals surface area contributed by atoms with Gasteiger partial charge in [-0.15, -0.1) is 0 Å². The Morgan fingerprint density at radius 1 is 1.13 bits per heavy atom. The van der Waals surface area contributed by atoms with Crippen molar-refractivity contribution in [2.24, 2.45) is 0 Å². The minimum atomic E-state index is -0.318. The number of likely N-dealkylation sites (N-methyl/N-ethyl adjacent to an activating group) is 1. The van der Waals surface area contributed by atoms with Crippen LogP contribution >= 0.6 is 0 Å². The summed E-state index contributed by atoms with van der Waals surface area (Å²) in [6.45, 7) is 8.35. The molecule has 3 aromatic rings. The second kappa shape index (κ2) is 10.5. The zero-order valence-electron chi connectivity index (χ0n) is 18.2. The number of aromatic nitrogens is 2. The third kappa shape index (κ3) is 5.53. The van der Waals surface area contributed by atoms with E-state index in [2.05, 4.69) is 15.6 Å². The summed E-state index contributed by atoms with van der Waals surface area (Å²) < 4.78 is 7.41. The highest BCUT2D eigenvalue weighted by atomic mass is 16.5. The van der Waals surface area contributed by atoms with E-state index in [0.717, 1.165) is 16.5 Å². The molecule has 0 aliphatic carbocycles. The molecule has 2 N–H and O–H groups in total. The molecule has 0 spiro atoms. The summed E-state index contributed by atoms with van der Waals surface area (Å²) in [6.07, 6.45) is 3.55. The Labute approximate surface area is 182 Å². The molecule has 2 aromatic heterocycles. The molecule has 0 radical (unpaired) electrons. The molecule has 0 fully saturated rings. The molecule has 8 nitrogen and oxygen atoms in total. The first-order valence-electron chi connectivity index (χ1n) is 10.5. The zero-order valence-corrected chi connectivity index (χ0v) is 18.2. The van der Waals surface area contributed by atoms with Crippen molar-refractivity contribution in [3.8, 4) is 5.88 Å². The Bertz CT molecular complexity index is 1040. The normalized spacial score (nSPS) is 10.7. The zero-order chi connectivity index (χ0) is 22.2. The lowest BCUT2D eigenvalue weighted by molar-refractivity contribution is -0.131. The van der Waals surface area contributed by atoms with Crippen molar-refractivity contribution in [1.82, 2.24) is 19.8 Å². The summed E-state index contributed by atoms with van der Waals surface area (Å²) in [5, 5.41) is 6.63. The summed E-state index contributed by atoms with van der Waals surface area (Å²) in [4.78, 5) is 30.7. The number of carbonyl (C=O) groups excluding carboxylic acids is 2. The second-order valence-corrected chi connectivity index (χ2v) is 6.99. The fourth-order valence-electron chi connectivity index (χ4n) is 3.41. The molecule has 3 rings (SSSR count). The van der Waals surface area contributed by atoms with Gasteiger partial charge in [0.15, 0.2) is 0 Å². The van der Waals surface area contributed by atoms with Crippen molar-refractivity contribution in [3.63, 3.8) is 0 Å². The molecule has 31 heavy (non-hydrogen) atoms. The molecule has 0 aliphatic rings. The first kappa shape index (κ1) is 22.1. The summed E-state index contributed by atoms with van der Waals surface area (Å²) in [6, 6.07) is 10.9. The number of ether oxygens (including phenoxy) is 1. The molecule has 0 unspecified atom stereocenters. The highest BCUT2D eigenvalue weighted by Gasteiger charge is 2.12. The minimum Gasteiger partial charge on any atom is -0.478 e. The third-order valence-corrected chi connectivity index (χ3v) is 5.02. The van der Waals surface area contributed by atoms with Crippen LogP contribution in [0.3, 0.4) is 0 Å². The van der Waals surface area contributed by atoms with Crippen molar-refractivity contribution in [1.29, 1.82) is 0 Å². The van der Waals surface area contributed by atoms with Crippen molar-refractivity contribution in [2.45, 2.75) is 33.9 Å². The lowest BCUT2D eigenvalue weighted by Gasteiger charge is -2.19. The number of hydrogen-bond acceptors (Lipinski definition) is 4. The molecule has 0 atom stereocenters. The van der Waals surface area contributed by atoms with E-state index in [0.29, 0.717) is 44.4 Å². The summed E-state index contributed by atoms with van der Waals surface area (Å²) in [5.41, 5.74) is 2.43. The average Bonchev–Trinajstić information content (AvgIpc) is 3.16. The Hall–Kier alpha value is -3.55. The van der Waals surface area contributed by atoms with Gasteiger partial charge in [0.2, 0.25) is 11.8 Å². The van der Waals surface area contributed by atoms with Gasteiger partial charge < -0.3 is 24.8 Å². The van der Waals surface area contributed by atoms with Crippen LogP contribution < -0.4 is 15.4 Å². The van der Waals surface area contributed by atoms with Crippen LogP contribution in [-0.4, -0.2) is 46.1 Å². The van der Waals surface area contributed by atoms with E-state index < -0.39 is 0 Å². The number of benzene rings is 1. The molecule has 164 valence electrons. The van der Waals surface area contributed by atoms with Gasteiger partial charge in [-0.3, -0.25) is 4.79 Å². The molecule has 0 saturated carbocycles. The Morgan fingerprint density at radius 3 is 2.68 bits per heavy atom. The maximum atomic E-state index is 12.4. The Kier molecular flexibility index (Phi) is 7.48. The average molecular weight is 424 g/mol. The molecular weight excluding hydrogens is 394 g/mol. The molecule has 0 bridgehead atoms. The Balaban J connectivity index is 1.62. The maximum Gasteiger partial charge on any atom is 0.319 e. The van der Waals surface area contributed by atoms with Crippen molar-refractivity contribution in [2.75, 3.05) is 25.0 Å². The van der Waals surface area contributed by atoms with Crippen LogP contribution in [0.1, 0.15) is 26.3 Å². The Morgan fingerprint density at radius 2 is 1.94 bits per heavy atom. The van der Waals surface area contributed by atoms with Crippen LogP contribution in [0.5, 0.6) is 5.88 Å². The van der Waals surface area contributed by atoms with Crippen LogP contribution in [0.25, 0.3) is 10.9 Å². The SMILES string of the molecule is CCOc1ncccc1CNC(=O)Nc1ccc2c(ccn2CC(=O)N(CC)CC)c1. The predicted molar refractivity (Wildman–Crippen MR) is 121 cm³/mol. The number of nitrogens with zero attached hydrogens (tertiary/aromatic N) is 3. The molecule has 3 amide bonds. The van der Waals surface area contributed by atoms with Crippen LogP contribution in [0.4, 0.5) is 10.5 Å². The van der Waals surface area contributed by atoms with Crippen molar-refractivity contribution < 1.29 is 14.3 Å². The third-order valence-electron chi connectivity index (χ3n) is 5.02. The van der Waals surface area contributed by atoms with Gasteiger partial charge in [-0.2, -0.15) is 0 Å². The smallest absolute Gasteiger partial charge is 0.319 e. The number of hydrogen-bond donors (Lipinski definition) is 2. The van der Waals surface area contributed by atoms with Gasteiger partial charge in [-0.1, -0.05) is 6.07 Å². The number of amides is 3. The highest BCUT2D eigenvalue weighted by Crippen LogP contribution is 2.21. The largest absolute Gasteiger partial charge is 0.478 e. The minimum absolute atomic E-state index is 0.0888. The van der Waals surface area contributed by atoms with Gasteiger partial charge in [0.1, 0.15) is 6.54 Å². The molecule has 2 heterocycles. The number of nitrogens with one attached hydrogen (secondary N) is 2. The van der Waals surface area contributed by atoms with Crippen LogP contribution in [0.15, 0.2) is 48.8 Å². The van der Waals surface area contributed by atoms with Gasteiger partial charge in [0.05, 0.1) is 6.61 Å². The van der Waals surface area contributed by atoms with E-state index in [1.807, 2.05) is 66.8 Å². The summed E-state index contributed by atoms with van der Waals surface area (Å²) >= 11 is 0. The molecule has 0 aliphatic heterocycles. The van der Waals surface area contributed by atoms with E-state index in [4.69, 9.17) is 4.74 Å². The van der Waals surface area contributed by atoms with Gasteiger partial charge in [-0.05, 0) is 51.1 Å². The van der Waals surface area contributed by atoms with E-state index in [9.17, 15) is 9.59 Å². The van der Waals surface area contributed by atoms with Gasteiger partial charge in [0, 0.05) is 54.2 Å². The number of anilines is 1. The number of rotatable bonds is 9. The first-order chi connectivity index (χ1) is 15.0. The van der Waals surface area contributed by atoms with E-state index in [1.165, 1.54) is 0 Å². The second-order valence-electron chi connectivity index (χ2n) is 6.99. The first-order valence-corrected chi connectivity index (χ1v) is 10.5. The maximum absolute atomic E-state index is 12.4. The number of fused-ring (bicyclic) bond motifs is 1. The van der Waals surface area contributed by atoms with E-state index in [1.54, 1.807) is 12.3 Å². The fourth-order valence-corrected chi connectivity index (χ4v) is 3.41. The van der Waals surface area contributed by atoms with Gasteiger partial charge in [-0.25, -0.2) is 9.78 Å². The van der Waals surface area contributed by atoms with Crippen LogP contribution in [0, 0.1) is 0 Å². The van der Waals surface area contributed by atoms with E-state index >= 15 is 0 Å². The number of pyridine rings is 1. The quantitative estimate of drug-likeness (QED) is 0.550. The van der Waals surface area contributed by atoms with E-state index in [-0.39, 0.29) is 11.9 Å². The number of urea groups is 1. The lowest BCUT2D eigenvalue weighted by Crippen LogP contribution is -2.33. The molecule has 8 heteroatoms.